The van der Waals surface area contributed by atoms with Crippen LogP contribution in [0.3, 0.4) is 0 Å². The van der Waals surface area contributed by atoms with Crippen LogP contribution in [-0.4, -0.2) is 115 Å². The fraction of sp³-hybridized carbons (Fsp3) is 0.590. The van der Waals surface area contributed by atoms with Crippen molar-refractivity contribution in [3.05, 3.63) is 71.3 Å². The minimum Gasteiger partial charge on any atom is -0.493 e. The van der Waals surface area contributed by atoms with Gasteiger partial charge in [0.25, 0.3) is 5.24 Å². The van der Waals surface area contributed by atoms with Gasteiger partial charge in [-0.15, -0.1) is 5.10 Å². The average Bonchev–Trinajstić information content (AvgIpc) is 3.78. The summed E-state index contributed by atoms with van der Waals surface area (Å²) in [6, 6.07) is 11.8. The quantitative estimate of drug-likeness (QED) is 0.105. The lowest BCUT2D eigenvalue weighted by molar-refractivity contribution is -0.122. The van der Waals surface area contributed by atoms with E-state index < -0.39 is 0 Å². The van der Waals surface area contributed by atoms with Gasteiger partial charge in [0, 0.05) is 38.3 Å². The zero-order valence-corrected chi connectivity index (χ0v) is 33.5. The Balaban J connectivity index is 0.000000299. The highest BCUT2D eigenvalue weighted by Crippen LogP contribution is 2.24. The summed E-state index contributed by atoms with van der Waals surface area (Å²) in [5.41, 5.74) is 4.09. The summed E-state index contributed by atoms with van der Waals surface area (Å²) in [4.78, 5) is 38.2. The molecule has 1 unspecified atom stereocenters. The number of nitrogens with one attached hydrogen (secondary N) is 2. The summed E-state index contributed by atoms with van der Waals surface area (Å²) < 4.78 is 34.7. The van der Waals surface area contributed by atoms with E-state index in [1.165, 1.54) is 5.56 Å². The highest BCUT2D eigenvalue weighted by molar-refractivity contribution is 8.15. The van der Waals surface area contributed by atoms with Gasteiger partial charge in [0.2, 0.25) is 11.8 Å². The number of aryl methyl sites for hydroxylation is 2. The first-order chi connectivity index (χ1) is 26.7. The van der Waals surface area contributed by atoms with Crippen LogP contribution in [0.25, 0.3) is 0 Å². The van der Waals surface area contributed by atoms with Gasteiger partial charge in [-0.1, -0.05) is 55.9 Å². The highest BCUT2D eigenvalue weighted by atomic mass is 32.2. The number of amides is 3. The molecule has 304 valence electrons. The number of carbonyl (C=O) groups excluding carboxylic acids is 3. The van der Waals surface area contributed by atoms with Crippen LogP contribution < -0.4 is 15.4 Å². The Kier molecular flexibility index (Phi) is 22.8. The fourth-order valence-electron chi connectivity index (χ4n) is 4.80. The molecular formula is C39H58N6O9S. The van der Waals surface area contributed by atoms with Crippen LogP contribution in [0.4, 0.5) is 4.79 Å². The van der Waals surface area contributed by atoms with Crippen molar-refractivity contribution in [3.63, 3.8) is 0 Å². The number of benzene rings is 1. The molecule has 1 fully saturated rings. The molecule has 0 saturated carbocycles. The van der Waals surface area contributed by atoms with Gasteiger partial charge in [0.05, 0.1) is 84.1 Å². The van der Waals surface area contributed by atoms with Crippen molar-refractivity contribution >= 4 is 28.8 Å². The molecule has 55 heavy (non-hydrogen) atoms. The molecule has 1 atom stereocenters. The summed E-state index contributed by atoms with van der Waals surface area (Å²) in [5, 5.41) is 12.4. The van der Waals surface area contributed by atoms with Gasteiger partial charge in [0.1, 0.15) is 11.4 Å². The van der Waals surface area contributed by atoms with E-state index in [0.29, 0.717) is 91.4 Å². The molecule has 1 aliphatic heterocycles. The first kappa shape index (κ1) is 45.5. The van der Waals surface area contributed by atoms with Crippen LogP contribution >= 0.6 is 11.8 Å². The van der Waals surface area contributed by atoms with E-state index in [-0.39, 0.29) is 22.3 Å². The van der Waals surface area contributed by atoms with E-state index in [9.17, 15) is 14.4 Å². The molecule has 1 aromatic carbocycles. The summed E-state index contributed by atoms with van der Waals surface area (Å²) in [6.07, 6.45) is 7.57. The fourth-order valence-corrected chi connectivity index (χ4v) is 5.66. The normalized spacial score (nSPS) is 13.8. The maximum atomic E-state index is 11.6. The lowest BCUT2D eigenvalue weighted by atomic mass is 10.1. The SMILES string of the molecule is CCc1ccc(CCOc2ccc(CC3SC(=O)NC3=O)cc2)nc1.CNC(=O)CCOCCOCCOCCOCCOCc1cn(CCC(C)C)nn1. The molecule has 3 heterocycles. The van der Waals surface area contributed by atoms with Crippen molar-refractivity contribution in [2.45, 2.75) is 71.3 Å². The Morgan fingerprint density at radius 2 is 1.49 bits per heavy atom. The summed E-state index contributed by atoms with van der Waals surface area (Å²) in [7, 11) is 1.61. The third-order valence-electron chi connectivity index (χ3n) is 8.04. The van der Waals surface area contributed by atoms with Crippen LogP contribution in [0.2, 0.25) is 0 Å². The Morgan fingerprint density at radius 3 is 2.05 bits per heavy atom. The topological polar surface area (TPSA) is 174 Å². The van der Waals surface area contributed by atoms with Crippen LogP contribution in [0, 0.1) is 5.92 Å². The van der Waals surface area contributed by atoms with E-state index in [0.717, 1.165) is 60.3 Å². The van der Waals surface area contributed by atoms with Crippen LogP contribution in [0.15, 0.2) is 48.8 Å². The summed E-state index contributed by atoms with van der Waals surface area (Å²) in [5.74, 6) is 1.19. The van der Waals surface area contributed by atoms with E-state index in [4.69, 9.17) is 28.4 Å². The smallest absolute Gasteiger partial charge is 0.286 e. The Hall–Kier alpha value is -3.93. The zero-order chi connectivity index (χ0) is 39.5. The van der Waals surface area contributed by atoms with Gasteiger partial charge >= 0.3 is 0 Å². The molecule has 2 aromatic heterocycles. The van der Waals surface area contributed by atoms with Crippen molar-refractivity contribution in [1.29, 1.82) is 0 Å². The maximum absolute atomic E-state index is 11.6. The van der Waals surface area contributed by atoms with Gasteiger partial charge in [-0.25, -0.2) is 0 Å². The molecule has 2 N–H and O–H groups in total. The number of nitrogens with zero attached hydrogens (tertiary/aromatic N) is 4. The Bertz CT molecular complexity index is 1510. The first-order valence-corrected chi connectivity index (χ1v) is 19.8. The van der Waals surface area contributed by atoms with E-state index in [2.05, 4.69) is 52.8 Å². The second kappa shape index (κ2) is 27.6. The number of hydrogen-bond acceptors (Lipinski definition) is 13. The Labute approximate surface area is 328 Å². The number of thioether (sulfide) groups is 1. The standard InChI is InChI=1S/C20H38N4O6.C19H20N2O3S/c1-18(2)4-6-24-16-19(22-23-24)17-30-15-14-29-13-12-28-11-10-27-9-8-26-7-5-20(25)21-3;1-2-13-3-6-15(20-12-13)9-10-24-16-7-4-14(5-8-16)11-17-18(22)21-19(23)25-17/h16,18H,4-15,17H2,1-3H3,(H,21,25);3-8,12,17H,2,9-11H2,1H3,(H,21,22,23). The highest BCUT2D eigenvalue weighted by Gasteiger charge is 2.31. The number of carbonyl (C=O) groups is 3. The molecule has 0 spiro atoms. The van der Waals surface area contributed by atoms with Gasteiger partial charge in [-0.2, -0.15) is 0 Å². The molecule has 15 nitrogen and oxygen atoms in total. The van der Waals surface area contributed by atoms with E-state index in [1.807, 2.05) is 47.4 Å². The molecule has 3 amide bonds. The maximum Gasteiger partial charge on any atom is 0.286 e. The van der Waals surface area contributed by atoms with Crippen molar-refractivity contribution in [1.82, 2.24) is 30.6 Å². The Morgan fingerprint density at radius 1 is 0.855 bits per heavy atom. The largest absolute Gasteiger partial charge is 0.493 e. The molecule has 0 bridgehead atoms. The van der Waals surface area contributed by atoms with Crippen LogP contribution in [0.1, 0.15) is 56.1 Å². The lowest BCUT2D eigenvalue weighted by Crippen LogP contribution is -2.25. The van der Waals surface area contributed by atoms with Gasteiger partial charge in [-0.3, -0.25) is 29.4 Å². The van der Waals surface area contributed by atoms with Crippen molar-refractivity contribution < 1.29 is 42.8 Å². The number of ether oxygens (including phenoxy) is 6. The van der Waals surface area contributed by atoms with E-state index in [1.54, 1.807) is 7.05 Å². The molecule has 1 aliphatic rings. The van der Waals surface area contributed by atoms with Gasteiger partial charge in [-0.05, 0) is 54.5 Å². The van der Waals surface area contributed by atoms with Crippen molar-refractivity contribution in [3.8, 4) is 5.75 Å². The number of hydrogen-bond donors (Lipinski definition) is 2. The molecule has 0 radical (unpaired) electrons. The number of aromatic nitrogens is 4. The van der Waals surface area contributed by atoms with Crippen LogP contribution in [-0.2, 0) is 65.7 Å². The van der Waals surface area contributed by atoms with Crippen LogP contribution in [0.5, 0.6) is 5.75 Å². The van der Waals surface area contributed by atoms with Crippen molar-refractivity contribution in [2.24, 2.45) is 5.92 Å². The first-order valence-electron chi connectivity index (χ1n) is 18.9. The van der Waals surface area contributed by atoms with Gasteiger partial charge in [0.15, 0.2) is 0 Å². The lowest BCUT2D eigenvalue weighted by Gasteiger charge is -2.09. The number of imide groups is 1. The zero-order valence-electron chi connectivity index (χ0n) is 32.7. The molecule has 16 heteroatoms. The molecule has 4 rings (SSSR count). The molecule has 0 aliphatic carbocycles. The van der Waals surface area contributed by atoms with E-state index >= 15 is 0 Å². The van der Waals surface area contributed by atoms with Gasteiger partial charge < -0.3 is 33.7 Å². The molecule has 1 saturated heterocycles. The second-order valence-corrected chi connectivity index (χ2v) is 14.1. The monoisotopic (exact) mass is 786 g/mol. The number of pyridine rings is 1. The predicted octanol–water partition coefficient (Wildman–Crippen LogP) is 4.20. The third kappa shape index (κ3) is 20.5. The second-order valence-electron chi connectivity index (χ2n) is 12.9. The average molecular weight is 787 g/mol. The number of rotatable bonds is 27. The third-order valence-corrected chi connectivity index (χ3v) is 9.03. The summed E-state index contributed by atoms with van der Waals surface area (Å²) in [6.45, 7) is 12.8. The predicted molar refractivity (Wildman–Crippen MR) is 209 cm³/mol. The minimum atomic E-state index is -0.337. The molecular weight excluding hydrogens is 729 g/mol. The van der Waals surface area contributed by atoms with Crippen molar-refractivity contribution in [2.75, 3.05) is 73.1 Å². The minimum absolute atomic E-state index is 0.0281. The summed E-state index contributed by atoms with van der Waals surface area (Å²) >= 11 is 1.05. The molecule has 3 aromatic rings.